The Morgan fingerprint density at radius 2 is 2.14 bits per heavy atom. The molecule has 0 atom stereocenters. The average Bonchev–Trinajstić information content (AvgIpc) is 2.86. The molecule has 0 heterocycles. The molecule has 0 aromatic heterocycles. The Morgan fingerprint density at radius 1 is 1.50 bits per heavy atom. The molecule has 3 nitrogen and oxygen atoms in total. The lowest BCUT2D eigenvalue weighted by Gasteiger charge is -2.03. The third kappa shape index (κ3) is 1.47. The molecule has 0 unspecified atom stereocenters. The molecule has 0 N–H and O–H groups in total. The first-order chi connectivity index (χ1) is 6.59. The van der Waals surface area contributed by atoms with Gasteiger partial charge in [-0.3, -0.25) is 10.1 Å². The summed E-state index contributed by atoms with van der Waals surface area (Å²) in [6, 6.07) is 2.63. The van der Waals surface area contributed by atoms with Crippen LogP contribution < -0.4 is 0 Å². The summed E-state index contributed by atoms with van der Waals surface area (Å²) in [5, 5.41) is 10.6. The second-order valence-corrected chi connectivity index (χ2v) is 3.69. The molecule has 1 fully saturated rings. The van der Waals surface area contributed by atoms with Crippen LogP contribution in [-0.4, -0.2) is 4.92 Å². The van der Waals surface area contributed by atoms with Crippen LogP contribution >= 0.6 is 0 Å². The molecule has 0 amide bonds. The monoisotopic (exact) mass is 195 g/mol. The molecular weight excluding hydrogens is 185 g/mol. The first-order valence-electron chi connectivity index (χ1n) is 4.54. The van der Waals surface area contributed by atoms with E-state index in [2.05, 4.69) is 0 Å². The van der Waals surface area contributed by atoms with Gasteiger partial charge < -0.3 is 0 Å². The first-order valence-corrected chi connectivity index (χ1v) is 4.54. The molecule has 2 rings (SSSR count). The predicted octanol–water partition coefficient (Wildman–Crippen LogP) is 2.92. The number of aryl methyl sites for hydroxylation is 1. The summed E-state index contributed by atoms with van der Waals surface area (Å²) in [7, 11) is 0. The maximum absolute atomic E-state index is 13.4. The van der Waals surface area contributed by atoms with Crippen LogP contribution in [0.1, 0.15) is 29.9 Å². The highest BCUT2D eigenvalue weighted by atomic mass is 19.1. The van der Waals surface area contributed by atoms with Gasteiger partial charge in [-0.1, -0.05) is 0 Å². The molecule has 74 valence electrons. The molecule has 1 aliphatic rings. The van der Waals surface area contributed by atoms with Crippen LogP contribution in [0.3, 0.4) is 0 Å². The van der Waals surface area contributed by atoms with Gasteiger partial charge in [0.2, 0.25) is 0 Å². The second-order valence-electron chi connectivity index (χ2n) is 3.69. The second kappa shape index (κ2) is 3.04. The maximum atomic E-state index is 13.4. The van der Waals surface area contributed by atoms with Crippen molar-refractivity contribution in [3.05, 3.63) is 39.2 Å². The molecule has 0 bridgehead atoms. The number of nitrogens with zero attached hydrogens (tertiary/aromatic N) is 1. The van der Waals surface area contributed by atoms with E-state index in [0.29, 0.717) is 11.1 Å². The van der Waals surface area contributed by atoms with E-state index < -0.39 is 4.92 Å². The zero-order chi connectivity index (χ0) is 10.3. The van der Waals surface area contributed by atoms with Crippen LogP contribution in [0.2, 0.25) is 0 Å². The topological polar surface area (TPSA) is 43.1 Å². The number of nitro benzene ring substituents is 1. The summed E-state index contributed by atoms with van der Waals surface area (Å²) in [5.74, 6) is -0.107. The number of rotatable bonds is 2. The normalized spacial score (nSPS) is 15.6. The summed E-state index contributed by atoms with van der Waals surface area (Å²) >= 11 is 0. The van der Waals surface area contributed by atoms with Gasteiger partial charge in [0.15, 0.2) is 0 Å². The van der Waals surface area contributed by atoms with E-state index in [0.717, 1.165) is 12.8 Å². The lowest BCUT2D eigenvalue weighted by molar-refractivity contribution is -0.385. The van der Waals surface area contributed by atoms with Crippen molar-refractivity contribution in [1.82, 2.24) is 0 Å². The summed E-state index contributed by atoms with van der Waals surface area (Å²) in [6.07, 6.45) is 1.88. The molecule has 0 spiro atoms. The summed E-state index contributed by atoms with van der Waals surface area (Å²) in [6.45, 7) is 1.55. The third-order valence-electron chi connectivity index (χ3n) is 2.53. The fraction of sp³-hybridized carbons (Fsp3) is 0.400. The van der Waals surface area contributed by atoms with Gasteiger partial charge in [-0.25, -0.2) is 4.39 Å². The Balaban J connectivity index is 2.51. The summed E-state index contributed by atoms with van der Waals surface area (Å²) in [5.41, 5.74) is 0.910. The van der Waals surface area contributed by atoms with Crippen molar-refractivity contribution in [1.29, 1.82) is 0 Å². The minimum absolute atomic E-state index is 0.0216. The number of halogens is 1. The van der Waals surface area contributed by atoms with E-state index in [9.17, 15) is 14.5 Å². The van der Waals surface area contributed by atoms with Gasteiger partial charge in [-0.15, -0.1) is 0 Å². The highest BCUT2D eigenvalue weighted by molar-refractivity contribution is 5.45. The van der Waals surface area contributed by atoms with E-state index in [4.69, 9.17) is 0 Å². The van der Waals surface area contributed by atoms with Crippen LogP contribution in [0, 0.1) is 22.9 Å². The van der Waals surface area contributed by atoms with E-state index in [1.54, 1.807) is 6.92 Å². The minimum Gasteiger partial charge on any atom is -0.258 e. The van der Waals surface area contributed by atoms with Gasteiger partial charge in [0.25, 0.3) is 5.69 Å². The van der Waals surface area contributed by atoms with Gasteiger partial charge in [-0.2, -0.15) is 0 Å². The number of benzene rings is 1. The quantitative estimate of drug-likeness (QED) is 0.537. The number of hydrogen-bond donors (Lipinski definition) is 0. The van der Waals surface area contributed by atoms with Crippen LogP contribution in [0.15, 0.2) is 12.1 Å². The minimum atomic E-state index is -0.458. The van der Waals surface area contributed by atoms with Crippen LogP contribution in [0.5, 0.6) is 0 Å². The molecule has 1 saturated carbocycles. The number of hydrogen-bond acceptors (Lipinski definition) is 2. The van der Waals surface area contributed by atoms with Crippen molar-refractivity contribution in [3.63, 3.8) is 0 Å². The average molecular weight is 195 g/mol. The summed E-state index contributed by atoms with van der Waals surface area (Å²) in [4.78, 5) is 10.2. The van der Waals surface area contributed by atoms with Crippen molar-refractivity contribution in [3.8, 4) is 0 Å². The lowest BCUT2D eigenvalue weighted by atomic mass is 10.1. The molecule has 4 heteroatoms. The summed E-state index contributed by atoms with van der Waals surface area (Å²) < 4.78 is 13.4. The zero-order valence-corrected chi connectivity index (χ0v) is 7.79. The van der Waals surface area contributed by atoms with Crippen LogP contribution in [0.25, 0.3) is 0 Å². The van der Waals surface area contributed by atoms with Gasteiger partial charge in [0.05, 0.1) is 4.92 Å². The lowest BCUT2D eigenvalue weighted by Crippen LogP contribution is -1.96. The molecule has 1 aromatic rings. The van der Waals surface area contributed by atoms with E-state index in [1.165, 1.54) is 12.1 Å². The SMILES string of the molecule is Cc1cc(F)c(C2CC2)cc1[N+](=O)[O-]. The molecule has 1 aliphatic carbocycles. The molecular formula is C10H10FNO2. The predicted molar refractivity (Wildman–Crippen MR) is 49.8 cm³/mol. The molecule has 0 saturated heterocycles. The molecule has 0 radical (unpaired) electrons. The van der Waals surface area contributed by atoms with E-state index in [-0.39, 0.29) is 17.4 Å². The smallest absolute Gasteiger partial charge is 0.258 e. The third-order valence-corrected chi connectivity index (χ3v) is 2.53. The fourth-order valence-corrected chi connectivity index (χ4v) is 1.58. The highest BCUT2D eigenvalue weighted by Gasteiger charge is 2.29. The molecule has 0 aliphatic heterocycles. The van der Waals surface area contributed by atoms with Crippen molar-refractivity contribution in [2.75, 3.05) is 0 Å². The van der Waals surface area contributed by atoms with Crippen molar-refractivity contribution < 1.29 is 9.31 Å². The first kappa shape index (κ1) is 9.12. The van der Waals surface area contributed by atoms with Gasteiger partial charge >= 0.3 is 0 Å². The molecule has 1 aromatic carbocycles. The number of nitro groups is 1. The largest absolute Gasteiger partial charge is 0.272 e. The maximum Gasteiger partial charge on any atom is 0.272 e. The Kier molecular flexibility index (Phi) is 1.98. The van der Waals surface area contributed by atoms with E-state index >= 15 is 0 Å². The van der Waals surface area contributed by atoms with Gasteiger partial charge in [-0.05, 0) is 37.3 Å². The standard InChI is InChI=1S/C10H10FNO2/c1-6-4-9(11)8(7-2-3-7)5-10(6)12(13)14/h4-5,7H,2-3H2,1H3. The molecule has 14 heavy (non-hydrogen) atoms. The Labute approximate surface area is 80.7 Å². The van der Waals surface area contributed by atoms with Crippen LogP contribution in [0.4, 0.5) is 10.1 Å². The van der Waals surface area contributed by atoms with Crippen molar-refractivity contribution >= 4 is 5.69 Å². The van der Waals surface area contributed by atoms with Crippen molar-refractivity contribution in [2.45, 2.75) is 25.7 Å². The highest BCUT2D eigenvalue weighted by Crippen LogP contribution is 2.42. The van der Waals surface area contributed by atoms with Gasteiger partial charge in [0, 0.05) is 11.6 Å². The fourth-order valence-electron chi connectivity index (χ4n) is 1.58. The zero-order valence-electron chi connectivity index (χ0n) is 7.79. The van der Waals surface area contributed by atoms with Gasteiger partial charge in [0.1, 0.15) is 5.82 Å². The van der Waals surface area contributed by atoms with E-state index in [1.807, 2.05) is 0 Å². The Bertz CT molecular complexity index is 399. The van der Waals surface area contributed by atoms with Crippen molar-refractivity contribution in [2.24, 2.45) is 0 Å². The van der Waals surface area contributed by atoms with Crippen LogP contribution in [-0.2, 0) is 0 Å². The Morgan fingerprint density at radius 3 is 2.64 bits per heavy atom. The Hall–Kier alpha value is -1.45.